The monoisotopic (exact) mass is 480 g/mol. The van der Waals surface area contributed by atoms with Gasteiger partial charge in [0.1, 0.15) is 5.60 Å². The Morgan fingerprint density at radius 1 is 1.32 bits per heavy atom. The van der Waals surface area contributed by atoms with Gasteiger partial charge in [-0.3, -0.25) is 9.59 Å². The third-order valence-electron chi connectivity index (χ3n) is 6.79. The topological polar surface area (TPSA) is 136 Å². The van der Waals surface area contributed by atoms with Crippen molar-refractivity contribution >= 4 is 23.7 Å². The number of esters is 3. The van der Waals surface area contributed by atoms with Crippen molar-refractivity contribution in [3.05, 3.63) is 23.8 Å². The van der Waals surface area contributed by atoms with Crippen molar-refractivity contribution in [1.82, 2.24) is 0 Å². The molecule has 1 saturated carbocycles. The molecule has 0 aromatic rings. The summed E-state index contributed by atoms with van der Waals surface area (Å²) in [6.07, 6.45) is -3.71. The standard InChI is InChI=1S/C25H36O9/c1-8-12(3)22(28)32-19-17-15(6)24(30)33-20(17)21(34-23(29)13(4)9-2)25(7,31)11-16(26)10-14(5)18(19)27/h8,13-14,16-17,19-21,26,31H,6,9-11H2,1-5,7H3/b12-8-/t13?,14?,16-,17?,19-,20+,21?,25?/m0/s1. The number of carbonyl (C=O) groups is 4. The number of aliphatic hydroxyl groups excluding tert-OH is 1. The fraction of sp³-hybridized carbons (Fsp3) is 0.680. The number of Topliss-reactive ketones (excluding diaryl/α,β-unsaturated/α-hetero) is 1. The number of aliphatic hydroxyl groups is 2. The van der Waals surface area contributed by atoms with E-state index in [4.69, 9.17) is 14.2 Å². The first-order chi connectivity index (χ1) is 15.7. The van der Waals surface area contributed by atoms with Gasteiger partial charge in [-0.2, -0.15) is 0 Å². The molecule has 2 rings (SSSR count). The van der Waals surface area contributed by atoms with Gasteiger partial charge in [0.05, 0.1) is 17.9 Å². The van der Waals surface area contributed by atoms with E-state index in [2.05, 4.69) is 6.58 Å². The number of carbonyl (C=O) groups excluding carboxylic acids is 4. The molecule has 2 N–H and O–H groups in total. The second kappa shape index (κ2) is 10.8. The fourth-order valence-corrected chi connectivity index (χ4v) is 4.28. The number of ether oxygens (including phenoxy) is 3. The normalized spacial score (nSPS) is 35.8. The molecule has 1 aliphatic heterocycles. The van der Waals surface area contributed by atoms with Crippen LogP contribution in [0.15, 0.2) is 23.8 Å². The smallest absolute Gasteiger partial charge is 0.334 e. The quantitative estimate of drug-likeness (QED) is 0.344. The highest BCUT2D eigenvalue weighted by molar-refractivity contribution is 5.96. The van der Waals surface area contributed by atoms with Crippen LogP contribution >= 0.6 is 0 Å². The van der Waals surface area contributed by atoms with E-state index in [0.29, 0.717) is 6.42 Å². The molecule has 0 aromatic carbocycles. The lowest BCUT2D eigenvalue weighted by molar-refractivity contribution is -0.199. The minimum absolute atomic E-state index is 0.0314. The molecule has 8 atom stereocenters. The third kappa shape index (κ3) is 5.75. The summed E-state index contributed by atoms with van der Waals surface area (Å²) in [5, 5.41) is 21.9. The van der Waals surface area contributed by atoms with Crippen LogP contribution in [0.25, 0.3) is 0 Å². The third-order valence-corrected chi connectivity index (χ3v) is 6.79. The van der Waals surface area contributed by atoms with E-state index < -0.39 is 71.5 Å². The molecule has 0 amide bonds. The van der Waals surface area contributed by atoms with Gasteiger partial charge in [-0.15, -0.1) is 0 Å². The maximum Gasteiger partial charge on any atom is 0.334 e. The van der Waals surface area contributed by atoms with E-state index in [0.717, 1.165) is 0 Å². The number of fused-ring (bicyclic) bond motifs is 1. The van der Waals surface area contributed by atoms with Gasteiger partial charge in [-0.25, -0.2) is 9.59 Å². The second-order valence-corrected chi connectivity index (χ2v) is 9.64. The Kier molecular flexibility index (Phi) is 8.82. The maximum atomic E-state index is 13.4. The molecule has 0 radical (unpaired) electrons. The van der Waals surface area contributed by atoms with Gasteiger partial charge >= 0.3 is 17.9 Å². The Hall–Kier alpha value is -2.52. The first-order valence-corrected chi connectivity index (χ1v) is 11.6. The lowest BCUT2D eigenvalue weighted by Crippen LogP contribution is -2.57. The number of allylic oxidation sites excluding steroid dienone is 1. The number of rotatable bonds is 5. The van der Waals surface area contributed by atoms with E-state index in [9.17, 15) is 29.4 Å². The lowest BCUT2D eigenvalue weighted by atomic mass is 9.75. The molecule has 0 bridgehead atoms. The van der Waals surface area contributed by atoms with Crippen molar-refractivity contribution in [3.63, 3.8) is 0 Å². The average Bonchev–Trinajstić information content (AvgIpc) is 3.05. The van der Waals surface area contributed by atoms with Gasteiger partial charge in [0.15, 0.2) is 24.1 Å². The Balaban J connectivity index is 2.64. The summed E-state index contributed by atoms with van der Waals surface area (Å²) in [5.41, 5.74) is -1.70. The molecule has 1 aliphatic carbocycles. The van der Waals surface area contributed by atoms with Crippen LogP contribution in [0.4, 0.5) is 0 Å². The van der Waals surface area contributed by atoms with Crippen molar-refractivity contribution in [2.75, 3.05) is 0 Å². The summed E-state index contributed by atoms with van der Waals surface area (Å²) >= 11 is 0. The number of ketones is 1. The molecular formula is C25H36O9. The second-order valence-electron chi connectivity index (χ2n) is 9.64. The fourth-order valence-electron chi connectivity index (χ4n) is 4.28. The Labute approximate surface area is 200 Å². The molecule has 5 unspecified atom stereocenters. The van der Waals surface area contributed by atoms with E-state index in [-0.39, 0.29) is 24.0 Å². The Morgan fingerprint density at radius 3 is 2.50 bits per heavy atom. The summed E-state index contributed by atoms with van der Waals surface area (Å²) in [6, 6.07) is 0. The summed E-state index contributed by atoms with van der Waals surface area (Å²) < 4.78 is 16.7. The zero-order valence-corrected chi connectivity index (χ0v) is 20.7. The van der Waals surface area contributed by atoms with Gasteiger partial charge in [0.25, 0.3) is 0 Å². The summed E-state index contributed by atoms with van der Waals surface area (Å²) in [4.78, 5) is 51.3. The van der Waals surface area contributed by atoms with Crippen molar-refractivity contribution < 1.29 is 43.6 Å². The number of hydrogen-bond acceptors (Lipinski definition) is 9. The van der Waals surface area contributed by atoms with Gasteiger partial charge in [0.2, 0.25) is 0 Å². The lowest BCUT2D eigenvalue weighted by Gasteiger charge is -2.41. The van der Waals surface area contributed by atoms with Crippen LogP contribution in [0, 0.1) is 17.8 Å². The first-order valence-electron chi connectivity index (χ1n) is 11.6. The summed E-state index contributed by atoms with van der Waals surface area (Å²) in [5.74, 6) is -5.24. The van der Waals surface area contributed by atoms with Crippen LogP contribution in [0.2, 0.25) is 0 Å². The molecule has 1 heterocycles. The van der Waals surface area contributed by atoms with Crippen LogP contribution in [0.3, 0.4) is 0 Å². The highest BCUT2D eigenvalue weighted by atomic mass is 16.6. The molecule has 0 spiro atoms. The van der Waals surface area contributed by atoms with Crippen molar-refractivity contribution in [3.8, 4) is 0 Å². The molecule has 2 aliphatic rings. The van der Waals surface area contributed by atoms with Gasteiger partial charge in [-0.05, 0) is 33.6 Å². The molecule has 34 heavy (non-hydrogen) atoms. The Morgan fingerprint density at radius 2 is 1.94 bits per heavy atom. The highest BCUT2D eigenvalue weighted by Gasteiger charge is 2.57. The maximum absolute atomic E-state index is 13.4. The van der Waals surface area contributed by atoms with E-state index in [1.807, 2.05) is 0 Å². The first kappa shape index (κ1) is 27.7. The van der Waals surface area contributed by atoms with Gasteiger partial charge < -0.3 is 24.4 Å². The van der Waals surface area contributed by atoms with Crippen molar-refractivity contribution in [2.24, 2.45) is 17.8 Å². The summed E-state index contributed by atoms with van der Waals surface area (Å²) in [6.45, 7) is 13.3. The zero-order valence-electron chi connectivity index (χ0n) is 20.7. The highest BCUT2D eigenvalue weighted by Crippen LogP contribution is 2.41. The molecule has 0 aromatic heterocycles. The van der Waals surface area contributed by atoms with E-state index in [1.165, 1.54) is 19.9 Å². The number of hydrogen-bond donors (Lipinski definition) is 2. The predicted molar refractivity (Wildman–Crippen MR) is 121 cm³/mol. The van der Waals surface area contributed by atoms with Crippen LogP contribution < -0.4 is 0 Å². The molecule has 1 saturated heterocycles. The molecule has 9 heteroatoms. The van der Waals surface area contributed by atoms with E-state index in [1.54, 1.807) is 27.7 Å². The Bertz CT molecular complexity index is 872. The largest absolute Gasteiger partial charge is 0.455 e. The molecular weight excluding hydrogens is 444 g/mol. The SMILES string of the molecule is C=C1C(=O)O[C@@H]2C1[C@H](OC(=O)/C(C)=C\C)C(=O)C(C)C[C@H](O)CC(C)(O)C2OC(=O)C(C)CC. The summed E-state index contributed by atoms with van der Waals surface area (Å²) in [7, 11) is 0. The minimum Gasteiger partial charge on any atom is -0.455 e. The molecule has 9 nitrogen and oxygen atoms in total. The van der Waals surface area contributed by atoms with Crippen LogP contribution in [-0.4, -0.2) is 63.9 Å². The van der Waals surface area contributed by atoms with Crippen molar-refractivity contribution in [2.45, 2.75) is 90.8 Å². The average molecular weight is 481 g/mol. The van der Waals surface area contributed by atoms with Crippen LogP contribution in [-0.2, 0) is 33.4 Å². The molecule has 190 valence electrons. The van der Waals surface area contributed by atoms with Crippen LogP contribution in [0.5, 0.6) is 0 Å². The van der Waals surface area contributed by atoms with Gasteiger partial charge in [0, 0.05) is 23.5 Å². The predicted octanol–water partition coefficient (Wildman–Crippen LogP) is 2.03. The van der Waals surface area contributed by atoms with Crippen molar-refractivity contribution in [1.29, 1.82) is 0 Å². The van der Waals surface area contributed by atoms with Gasteiger partial charge in [-0.1, -0.05) is 33.4 Å². The van der Waals surface area contributed by atoms with E-state index >= 15 is 0 Å². The zero-order chi connectivity index (χ0) is 26.0. The minimum atomic E-state index is -1.83. The van der Waals surface area contributed by atoms with Crippen LogP contribution in [0.1, 0.15) is 60.8 Å². The molecule has 2 fully saturated rings.